The molecule has 2 heterocycles. The molecule has 4 aromatic rings. The van der Waals surface area contributed by atoms with Crippen molar-refractivity contribution < 1.29 is 4.79 Å². The van der Waals surface area contributed by atoms with Gasteiger partial charge in [-0.1, -0.05) is 36.4 Å². The fraction of sp³-hybridized carbons (Fsp3) is 0.0909. The summed E-state index contributed by atoms with van der Waals surface area (Å²) in [5.74, 6) is 0.535. The molecule has 2 aromatic carbocycles. The van der Waals surface area contributed by atoms with Crippen LogP contribution in [0.15, 0.2) is 60.8 Å². The monoisotopic (exact) mass is 367 g/mol. The summed E-state index contributed by atoms with van der Waals surface area (Å²) in [6.07, 6.45) is 1.43. The lowest BCUT2D eigenvalue weighted by molar-refractivity contribution is 0.102. The molecule has 1 N–H and O–H groups in total. The SMILES string of the molecule is Cc1cc(-n2ncc(C#N)c2NC(=O)c2ccccc2)nc2c(C)cccc12. The number of carbonyl (C=O) groups is 1. The number of hydrogen-bond acceptors (Lipinski definition) is 4. The Morgan fingerprint density at radius 2 is 1.86 bits per heavy atom. The van der Waals surface area contributed by atoms with Gasteiger partial charge in [0.15, 0.2) is 11.6 Å². The normalized spacial score (nSPS) is 10.6. The third-order valence-electron chi connectivity index (χ3n) is 4.61. The standard InChI is InChI=1S/C22H17N5O/c1-14-7-6-10-18-15(2)11-19(25-20(14)18)27-21(17(12-23)13-24-27)26-22(28)16-8-4-3-5-9-16/h3-11,13H,1-2H3,(H,26,28). The van der Waals surface area contributed by atoms with Crippen LogP contribution in [-0.2, 0) is 0 Å². The molecule has 136 valence electrons. The minimum absolute atomic E-state index is 0.272. The fourth-order valence-corrected chi connectivity index (χ4v) is 3.15. The topological polar surface area (TPSA) is 83.6 Å². The Kier molecular flexibility index (Phi) is 4.34. The van der Waals surface area contributed by atoms with Crippen LogP contribution in [0.25, 0.3) is 16.7 Å². The van der Waals surface area contributed by atoms with Gasteiger partial charge < -0.3 is 5.32 Å². The van der Waals surface area contributed by atoms with E-state index in [1.165, 1.54) is 10.9 Å². The zero-order valence-corrected chi connectivity index (χ0v) is 15.5. The van der Waals surface area contributed by atoms with Crippen LogP contribution in [0, 0.1) is 25.2 Å². The van der Waals surface area contributed by atoms with E-state index in [1.807, 2.05) is 44.2 Å². The Bertz CT molecular complexity index is 1240. The molecule has 0 saturated carbocycles. The van der Waals surface area contributed by atoms with Gasteiger partial charge in [-0.15, -0.1) is 0 Å². The maximum absolute atomic E-state index is 12.6. The summed E-state index contributed by atoms with van der Waals surface area (Å²) in [6, 6.07) is 18.8. The highest BCUT2D eigenvalue weighted by Gasteiger charge is 2.18. The molecule has 0 aliphatic rings. The second kappa shape index (κ2) is 6.97. The van der Waals surface area contributed by atoms with Crippen LogP contribution < -0.4 is 5.32 Å². The van der Waals surface area contributed by atoms with Crippen LogP contribution in [0.2, 0.25) is 0 Å². The first-order chi connectivity index (χ1) is 13.6. The number of para-hydroxylation sites is 1. The van der Waals surface area contributed by atoms with Crippen molar-refractivity contribution in [1.82, 2.24) is 14.8 Å². The minimum Gasteiger partial charge on any atom is -0.305 e. The smallest absolute Gasteiger partial charge is 0.256 e. The van der Waals surface area contributed by atoms with E-state index in [1.54, 1.807) is 24.3 Å². The van der Waals surface area contributed by atoms with Gasteiger partial charge in [-0.05, 0) is 43.2 Å². The van der Waals surface area contributed by atoms with Crippen LogP contribution in [0.1, 0.15) is 27.0 Å². The van der Waals surface area contributed by atoms with E-state index in [0.29, 0.717) is 17.2 Å². The number of nitriles is 1. The Morgan fingerprint density at radius 3 is 2.61 bits per heavy atom. The molecule has 2 aromatic heterocycles. The van der Waals surface area contributed by atoms with E-state index < -0.39 is 0 Å². The molecular formula is C22H17N5O. The first-order valence-electron chi connectivity index (χ1n) is 8.80. The number of benzene rings is 2. The van der Waals surface area contributed by atoms with Crippen molar-refractivity contribution in [1.29, 1.82) is 5.26 Å². The lowest BCUT2D eigenvalue weighted by Gasteiger charge is -2.12. The predicted octanol–water partition coefficient (Wildman–Crippen LogP) is 4.16. The summed E-state index contributed by atoms with van der Waals surface area (Å²) in [5, 5.41) is 17.6. The highest BCUT2D eigenvalue weighted by atomic mass is 16.1. The Labute approximate surface area is 162 Å². The highest BCUT2D eigenvalue weighted by molar-refractivity contribution is 6.04. The van der Waals surface area contributed by atoms with Gasteiger partial charge in [0.25, 0.3) is 5.91 Å². The zero-order valence-electron chi connectivity index (χ0n) is 15.5. The number of amides is 1. The van der Waals surface area contributed by atoms with Crippen LogP contribution in [-0.4, -0.2) is 20.7 Å². The summed E-state index contributed by atoms with van der Waals surface area (Å²) in [4.78, 5) is 17.3. The second-order valence-corrected chi connectivity index (χ2v) is 6.52. The summed E-state index contributed by atoms with van der Waals surface area (Å²) in [6.45, 7) is 4.00. The molecule has 4 rings (SSSR count). The molecule has 0 spiro atoms. The van der Waals surface area contributed by atoms with E-state index in [9.17, 15) is 10.1 Å². The first-order valence-corrected chi connectivity index (χ1v) is 8.80. The number of pyridine rings is 1. The van der Waals surface area contributed by atoms with Gasteiger partial charge in [0.2, 0.25) is 0 Å². The molecule has 6 heteroatoms. The number of anilines is 1. The number of carbonyl (C=O) groups excluding carboxylic acids is 1. The van der Waals surface area contributed by atoms with Crippen molar-refractivity contribution in [3.05, 3.63) is 83.0 Å². The third-order valence-corrected chi connectivity index (χ3v) is 4.61. The molecule has 0 saturated heterocycles. The van der Waals surface area contributed by atoms with Gasteiger partial charge in [-0.25, -0.2) is 4.98 Å². The molecule has 6 nitrogen and oxygen atoms in total. The number of rotatable bonds is 3. The lowest BCUT2D eigenvalue weighted by Crippen LogP contribution is -2.16. The van der Waals surface area contributed by atoms with Crippen LogP contribution in [0.5, 0.6) is 0 Å². The van der Waals surface area contributed by atoms with Crippen LogP contribution in [0.3, 0.4) is 0 Å². The van der Waals surface area contributed by atoms with Gasteiger partial charge in [0.05, 0.1) is 11.7 Å². The van der Waals surface area contributed by atoms with E-state index in [4.69, 9.17) is 4.98 Å². The van der Waals surface area contributed by atoms with Crippen LogP contribution in [0.4, 0.5) is 5.82 Å². The fourth-order valence-electron chi connectivity index (χ4n) is 3.15. The van der Waals surface area contributed by atoms with Crippen molar-refractivity contribution in [2.24, 2.45) is 0 Å². The van der Waals surface area contributed by atoms with Crippen molar-refractivity contribution >= 4 is 22.6 Å². The molecule has 0 bridgehead atoms. The molecule has 1 amide bonds. The molecule has 0 fully saturated rings. The molecular weight excluding hydrogens is 350 g/mol. The Morgan fingerprint density at radius 1 is 1.07 bits per heavy atom. The summed E-state index contributed by atoms with van der Waals surface area (Å²) < 4.78 is 1.50. The van der Waals surface area contributed by atoms with E-state index in [0.717, 1.165) is 22.0 Å². The van der Waals surface area contributed by atoms with Gasteiger partial charge in [-0.3, -0.25) is 4.79 Å². The second-order valence-electron chi connectivity index (χ2n) is 6.52. The average Bonchev–Trinajstić information content (AvgIpc) is 3.12. The van der Waals surface area contributed by atoms with Gasteiger partial charge in [0, 0.05) is 10.9 Å². The number of hydrogen-bond donors (Lipinski definition) is 1. The third kappa shape index (κ3) is 2.99. The molecule has 0 atom stereocenters. The van der Waals surface area contributed by atoms with Gasteiger partial charge in [-0.2, -0.15) is 15.0 Å². The average molecular weight is 367 g/mol. The maximum Gasteiger partial charge on any atom is 0.256 e. The van der Waals surface area contributed by atoms with Crippen molar-refractivity contribution in [2.45, 2.75) is 13.8 Å². The molecule has 0 aliphatic heterocycles. The summed E-state index contributed by atoms with van der Waals surface area (Å²) in [5.41, 5.74) is 3.72. The quantitative estimate of drug-likeness (QED) is 0.589. The predicted molar refractivity (Wildman–Crippen MR) is 107 cm³/mol. The largest absolute Gasteiger partial charge is 0.305 e. The number of aromatic nitrogens is 3. The summed E-state index contributed by atoms with van der Waals surface area (Å²) in [7, 11) is 0. The van der Waals surface area contributed by atoms with Gasteiger partial charge >= 0.3 is 0 Å². The minimum atomic E-state index is -0.312. The zero-order chi connectivity index (χ0) is 19.7. The van der Waals surface area contributed by atoms with Gasteiger partial charge in [0.1, 0.15) is 11.6 Å². The Balaban J connectivity index is 1.83. The summed E-state index contributed by atoms with van der Waals surface area (Å²) >= 11 is 0. The Hall–Kier alpha value is -3.98. The molecule has 0 unspecified atom stereocenters. The van der Waals surface area contributed by atoms with E-state index >= 15 is 0 Å². The van der Waals surface area contributed by atoms with Crippen molar-refractivity contribution in [3.8, 4) is 11.9 Å². The highest BCUT2D eigenvalue weighted by Crippen LogP contribution is 2.25. The van der Waals surface area contributed by atoms with Crippen LogP contribution >= 0.6 is 0 Å². The molecule has 0 aliphatic carbocycles. The number of aryl methyl sites for hydroxylation is 2. The number of nitrogens with zero attached hydrogens (tertiary/aromatic N) is 4. The van der Waals surface area contributed by atoms with E-state index in [2.05, 4.69) is 16.5 Å². The number of fused-ring (bicyclic) bond motifs is 1. The maximum atomic E-state index is 12.6. The first kappa shape index (κ1) is 17.4. The molecule has 28 heavy (non-hydrogen) atoms. The van der Waals surface area contributed by atoms with E-state index in [-0.39, 0.29) is 11.5 Å². The number of nitrogens with one attached hydrogen (secondary N) is 1. The van der Waals surface area contributed by atoms with Crippen molar-refractivity contribution in [3.63, 3.8) is 0 Å². The lowest BCUT2D eigenvalue weighted by atomic mass is 10.1. The molecule has 0 radical (unpaired) electrons. The van der Waals surface area contributed by atoms with Crippen molar-refractivity contribution in [2.75, 3.05) is 5.32 Å².